The third kappa shape index (κ3) is 16.6. The zero-order valence-electron chi connectivity index (χ0n) is 52.6. The van der Waals surface area contributed by atoms with Crippen LogP contribution in [0.5, 0.6) is 0 Å². The van der Waals surface area contributed by atoms with Crippen LogP contribution in [0, 0.1) is 0 Å². The van der Waals surface area contributed by atoms with E-state index in [4.69, 9.17) is 71.1 Å². The van der Waals surface area contributed by atoms with Crippen molar-refractivity contribution < 1.29 is 124 Å². The number of ether oxygens (including phenoxy) is 15. The second-order valence-electron chi connectivity index (χ2n) is 22.3. The Hall–Kier alpha value is -10.6. The van der Waals surface area contributed by atoms with E-state index in [-0.39, 0.29) is 38.9 Å². The standard InChI is InChI=1S/C70H65NO26/c1-38(72)84-35-49-53(87-39(2)73)56(89-41(4)75)52(71-61(76)47-33-21-22-34-48(47)62(71)77)68(90-49)85-36-50-54(88-40(3)74)57(94-64(79)43-25-13-7-14-26-43)60(97-67(82)46-31-19-10-20-32-46)70(92-50)86-37-51-55(93-63(78)42-23-11-6-12-24-42)58(95-65(80)44-27-15-8-16-28-44)59(69(83-5)91-51)96-66(81)45-29-17-9-18-30-45/h6-34,49-60,68-70H,35-37H2,1-5H3/t49-,50-,51-,52-,53-,54-,55-,56-,57+,58+,59+,60+,68-,69+,70+/m1/s1. The number of carbonyl (C=O) groups excluding carboxylic acids is 11. The highest BCUT2D eigenvalue weighted by molar-refractivity contribution is 6.21. The van der Waals surface area contributed by atoms with Crippen molar-refractivity contribution in [1.29, 1.82) is 0 Å². The number of imide groups is 1. The van der Waals surface area contributed by atoms with Crippen LogP contribution in [-0.2, 0) is 90.2 Å². The summed E-state index contributed by atoms with van der Waals surface area (Å²) in [5, 5.41) is 0. The maximum Gasteiger partial charge on any atom is 0.338 e. The summed E-state index contributed by atoms with van der Waals surface area (Å²) in [4.78, 5) is 154. The van der Waals surface area contributed by atoms with Gasteiger partial charge in [0.05, 0.1) is 52.2 Å². The molecule has 4 heterocycles. The monoisotopic (exact) mass is 1340 g/mol. The van der Waals surface area contributed by atoms with Crippen molar-refractivity contribution in [2.75, 3.05) is 26.9 Å². The fraction of sp³-hybridized carbons (Fsp3) is 0.329. The van der Waals surface area contributed by atoms with Crippen LogP contribution in [0.25, 0.3) is 0 Å². The number of carbonyl (C=O) groups is 11. The molecule has 506 valence electrons. The number of nitrogens with zero attached hydrogens (tertiary/aromatic N) is 1. The first-order valence-corrected chi connectivity index (χ1v) is 30.4. The Kier molecular flexibility index (Phi) is 22.7. The Balaban J connectivity index is 1.08. The molecule has 10 rings (SSSR count). The van der Waals surface area contributed by atoms with E-state index in [2.05, 4.69) is 0 Å². The predicted octanol–water partition coefficient (Wildman–Crippen LogP) is 5.99. The largest absolute Gasteiger partial charge is 0.463 e. The molecule has 2 amide bonds. The quantitative estimate of drug-likeness (QED) is 0.0404. The molecule has 27 heteroatoms. The second-order valence-corrected chi connectivity index (χ2v) is 22.3. The Morgan fingerprint density at radius 2 is 0.619 bits per heavy atom. The first kappa shape index (κ1) is 69.3. The molecule has 4 aliphatic rings. The molecule has 27 nitrogen and oxygen atoms in total. The lowest BCUT2D eigenvalue weighted by atomic mass is 9.94. The molecule has 0 aliphatic carbocycles. The number of hydrogen-bond donors (Lipinski definition) is 0. The van der Waals surface area contributed by atoms with Crippen molar-refractivity contribution in [2.24, 2.45) is 0 Å². The minimum atomic E-state index is -2.08. The summed E-state index contributed by atoms with van der Waals surface area (Å²) in [6, 6.07) is 41.7. The van der Waals surface area contributed by atoms with Crippen LogP contribution < -0.4 is 0 Å². The third-order valence-electron chi connectivity index (χ3n) is 15.6. The molecule has 6 aromatic rings. The van der Waals surface area contributed by atoms with E-state index < -0.39 is 177 Å². The van der Waals surface area contributed by atoms with Gasteiger partial charge in [0.15, 0.2) is 67.7 Å². The molecular formula is C70H65NO26. The Bertz CT molecular complexity index is 3790. The van der Waals surface area contributed by atoms with E-state index in [1.165, 1.54) is 116 Å². The number of methoxy groups -OCH3 is 1. The van der Waals surface area contributed by atoms with E-state index in [9.17, 15) is 52.7 Å². The number of fused-ring (bicyclic) bond motifs is 1. The van der Waals surface area contributed by atoms with Gasteiger partial charge >= 0.3 is 53.7 Å². The number of rotatable bonds is 23. The smallest absolute Gasteiger partial charge is 0.338 e. The Labute approximate surface area is 553 Å². The zero-order chi connectivity index (χ0) is 68.9. The molecule has 97 heavy (non-hydrogen) atoms. The van der Waals surface area contributed by atoms with Crippen molar-refractivity contribution in [3.8, 4) is 0 Å². The number of esters is 9. The van der Waals surface area contributed by atoms with Crippen LogP contribution in [0.2, 0.25) is 0 Å². The summed E-state index contributed by atoms with van der Waals surface area (Å²) >= 11 is 0. The lowest BCUT2D eigenvalue weighted by Gasteiger charge is -2.48. The molecule has 0 unspecified atom stereocenters. The Morgan fingerprint density at radius 1 is 0.330 bits per heavy atom. The van der Waals surface area contributed by atoms with Gasteiger partial charge in [0.25, 0.3) is 11.8 Å². The highest BCUT2D eigenvalue weighted by atomic mass is 16.8. The first-order chi connectivity index (χ1) is 46.8. The summed E-state index contributed by atoms with van der Waals surface area (Å²) in [6.07, 6.45) is -25.8. The van der Waals surface area contributed by atoms with Gasteiger partial charge in [-0.2, -0.15) is 0 Å². The van der Waals surface area contributed by atoms with E-state index in [1.807, 2.05) is 0 Å². The topological polar surface area (TPSA) is 329 Å². The van der Waals surface area contributed by atoms with Crippen molar-refractivity contribution in [2.45, 2.75) is 120 Å². The highest BCUT2D eigenvalue weighted by Crippen LogP contribution is 2.39. The third-order valence-corrected chi connectivity index (χ3v) is 15.6. The van der Waals surface area contributed by atoms with Gasteiger partial charge in [-0.15, -0.1) is 0 Å². The molecule has 0 spiro atoms. The first-order valence-electron chi connectivity index (χ1n) is 30.4. The van der Waals surface area contributed by atoms with E-state index in [0.29, 0.717) is 4.90 Å². The molecule has 4 aliphatic heterocycles. The predicted molar refractivity (Wildman–Crippen MR) is 327 cm³/mol. The van der Waals surface area contributed by atoms with Crippen LogP contribution in [0.4, 0.5) is 0 Å². The molecule has 0 N–H and O–H groups in total. The number of hydrogen-bond acceptors (Lipinski definition) is 26. The number of benzene rings is 6. The summed E-state index contributed by atoms with van der Waals surface area (Å²) in [5.74, 6) is -10.8. The lowest BCUT2D eigenvalue weighted by Crippen LogP contribution is -2.68. The normalized spacial score (nSPS) is 25.8. The van der Waals surface area contributed by atoms with E-state index >= 15 is 0 Å². The van der Waals surface area contributed by atoms with Gasteiger partial charge < -0.3 is 71.1 Å². The van der Waals surface area contributed by atoms with Gasteiger partial charge in [-0.25, -0.2) is 24.0 Å². The molecule has 3 saturated heterocycles. The number of amides is 2. The van der Waals surface area contributed by atoms with E-state index in [0.717, 1.165) is 27.7 Å². The average molecular weight is 1340 g/mol. The maximum atomic E-state index is 14.6. The molecule has 6 aromatic carbocycles. The van der Waals surface area contributed by atoms with Crippen LogP contribution >= 0.6 is 0 Å². The molecule has 0 radical (unpaired) electrons. The zero-order valence-corrected chi connectivity index (χ0v) is 52.6. The molecule has 0 saturated carbocycles. The average Bonchev–Trinajstić information content (AvgIpc) is 1.66. The van der Waals surface area contributed by atoms with Crippen molar-refractivity contribution >= 4 is 65.5 Å². The summed E-state index contributed by atoms with van der Waals surface area (Å²) in [5.41, 5.74) is -0.234. The second kappa shape index (κ2) is 31.8. The summed E-state index contributed by atoms with van der Waals surface area (Å²) in [7, 11) is 1.19. The molecule has 3 fully saturated rings. The summed E-state index contributed by atoms with van der Waals surface area (Å²) < 4.78 is 92.5. The van der Waals surface area contributed by atoms with Gasteiger partial charge in [-0.3, -0.25) is 33.7 Å². The van der Waals surface area contributed by atoms with Crippen LogP contribution in [0.3, 0.4) is 0 Å². The Morgan fingerprint density at radius 3 is 0.990 bits per heavy atom. The lowest BCUT2D eigenvalue weighted by molar-refractivity contribution is -0.336. The fourth-order valence-electron chi connectivity index (χ4n) is 11.3. The van der Waals surface area contributed by atoms with Crippen LogP contribution in [0.15, 0.2) is 176 Å². The van der Waals surface area contributed by atoms with E-state index in [1.54, 1.807) is 66.7 Å². The van der Waals surface area contributed by atoms with Crippen molar-refractivity contribution in [1.82, 2.24) is 4.90 Å². The van der Waals surface area contributed by atoms with Crippen molar-refractivity contribution in [3.05, 3.63) is 215 Å². The van der Waals surface area contributed by atoms with Crippen LogP contribution in [-0.4, -0.2) is 189 Å². The van der Waals surface area contributed by atoms with Gasteiger partial charge in [0, 0.05) is 34.8 Å². The van der Waals surface area contributed by atoms with Gasteiger partial charge in [-0.05, 0) is 72.8 Å². The molecule has 0 bridgehead atoms. The van der Waals surface area contributed by atoms with Gasteiger partial charge in [0.1, 0.15) is 31.0 Å². The molecule has 0 aromatic heterocycles. The SMILES string of the molecule is CO[C@H]1O[C@H](CO[C@H]2O[C@H](CO[C@@H]3O[C@H](COC(C)=O)[C@@H](OC(C)=O)[C@H](OC(C)=O)[C@H]3N3C(=O)c4ccccc4C3=O)[C@@H](OC(C)=O)[C@H](OC(=O)c3ccccc3)[C@@H]2OC(=O)c2ccccc2)[C@@H](OC(=O)c2ccccc2)[C@H](OC(=O)c2ccccc2)[C@@H]1OC(=O)c1ccccc1. The van der Waals surface area contributed by atoms with Crippen molar-refractivity contribution in [3.63, 3.8) is 0 Å². The van der Waals surface area contributed by atoms with Crippen LogP contribution in [0.1, 0.15) is 100 Å². The highest BCUT2D eigenvalue weighted by Gasteiger charge is 2.60. The summed E-state index contributed by atoms with van der Waals surface area (Å²) in [6.45, 7) is 1.55. The minimum Gasteiger partial charge on any atom is -0.463 e. The molecular weight excluding hydrogens is 1270 g/mol. The van der Waals surface area contributed by atoms with Gasteiger partial charge in [-0.1, -0.05) is 103 Å². The minimum absolute atomic E-state index is 0.00103. The molecule has 15 atom stereocenters. The maximum absolute atomic E-state index is 14.6. The fourth-order valence-corrected chi connectivity index (χ4v) is 11.3. The van der Waals surface area contributed by atoms with Gasteiger partial charge in [0.2, 0.25) is 0 Å².